The van der Waals surface area contributed by atoms with Gasteiger partial charge in [-0.05, 0) is 30.3 Å². The Morgan fingerprint density at radius 2 is 1.62 bits per heavy atom. The summed E-state index contributed by atoms with van der Waals surface area (Å²) < 4.78 is 0. The summed E-state index contributed by atoms with van der Waals surface area (Å²) in [6, 6.07) is 14.3. The zero-order valence-electron chi connectivity index (χ0n) is 13.9. The second kappa shape index (κ2) is 8.40. The maximum absolute atomic E-state index is 12.6. The predicted molar refractivity (Wildman–Crippen MR) is 99.9 cm³/mol. The number of carbonyl (C=O) groups is 2. The number of benzene rings is 2. The third-order valence-corrected chi connectivity index (χ3v) is 4.18. The molecule has 0 fully saturated rings. The van der Waals surface area contributed by atoms with E-state index in [1.807, 2.05) is 24.3 Å². The Morgan fingerprint density at radius 3 is 2.29 bits per heavy atom. The summed E-state index contributed by atoms with van der Waals surface area (Å²) >= 11 is 1.65. The van der Waals surface area contributed by atoms with Crippen LogP contribution in [0.4, 0.5) is 16.2 Å². The molecule has 0 aliphatic carbocycles. The molecule has 3 N–H and O–H groups in total. The first kappa shape index (κ1) is 17.9. The van der Waals surface area contributed by atoms with Crippen molar-refractivity contribution in [2.45, 2.75) is 24.0 Å². The SMILES string of the molecule is CNC(=O)Nc1cccc(NC(=O)c2ccccc2SC(C)C)c1. The average molecular weight is 343 g/mol. The van der Waals surface area contributed by atoms with Gasteiger partial charge >= 0.3 is 6.03 Å². The summed E-state index contributed by atoms with van der Waals surface area (Å²) in [5.41, 5.74) is 1.87. The maximum atomic E-state index is 12.6. The number of rotatable bonds is 5. The summed E-state index contributed by atoms with van der Waals surface area (Å²) in [4.78, 5) is 24.9. The fourth-order valence-electron chi connectivity index (χ4n) is 2.08. The Labute approximate surface area is 146 Å². The molecule has 24 heavy (non-hydrogen) atoms. The molecular formula is C18H21N3O2S. The van der Waals surface area contributed by atoms with Gasteiger partial charge < -0.3 is 16.0 Å². The standard InChI is InChI=1S/C18H21N3O2S/c1-12(2)24-16-10-5-4-9-15(16)17(22)20-13-7-6-8-14(11-13)21-18(23)19-3/h4-12H,1-3H3,(H,20,22)(H2,19,21,23). The highest BCUT2D eigenvalue weighted by Crippen LogP contribution is 2.27. The zero-order valence-corrected chi connectivity index (χ0v) is 14.7. The Balaban J connectivity index is 2.15. The van der Waals surface area contributed by atoms with Crippen molar-refractivity contribution >= 4 is 35.1 Å². The maximum Gasteiger partial charge on any atom is 0.318 e. The monoisotopic (exact) mass is 343 g/mol. The van der Waals surface area contributed by atoms with E-state index in [2.05, 4.69) is 29.8 Å². The molecule has 5 nitrogen and oxygen atoms in total. The molecule has 0 heterocycles. The minimum atomic E-state index is -0.308. The van der Waals surface area contributed by atoms with Crippen molar-refractivity contribution in [1.29, 1.82) is 0 Å². The van der Waals surface area contributed by atoms with Gasteiger partial charge in [-0.1, -0.05) is 32.0 Å². The van der Waals surface area contributed by atoms with Gasteiger partial charge in [-0.25, -0.2) is 4.79 Å². The van der Waals surface area contributed by atoms with Gasteiger partial charge in [-0.3, -0.25) is 4.79 Å². The minimum absolute atomic E-state index is 0.171. The van der Waals surface area contributed by atoms with E-state index in [0.29, 0.717) is 22.2 Å². The number of carbonyl (C=O) groups excluding carboxylic acids is 2. The van der Waals surface area contributed by atoms with E-state index in [0.717, 1.165) is 4.90 Å². The predicted octanol–water partition coefficient (Wildman–Crippen LogP) is 4.19. The fraction of sp³-hybridized carbons (Fsp3) is 0.222. The van der Waals surface area contributed by atoms with E-state index in [-0.39, 0.29) is 11.9 Å². The highest BCUT2D eigenvalue weighted by atomic mass is 32.2. The van der Waals surface area contributed by atoms with Crippen molar-refractivity contribution in [2.75, 3.05) is 17.7 Å². The molecule has 2 aromatic rings. The van der Waals surface area contributed by atoms with Crippen molar-refractivity contribution in [1.82, 2.24) is 5.32 Å². The topological polar surface area (TPSA) is 70.2 Å². The molecule has 0 saturated carbocycles. The van der Waals surface area contributed by atoms with Gasteiger partial charge in [0.25, 0.3) is 5.91 Å². The van der Waals surface area contributed by atoms with Crippen LogP contribution in [0.1, 0.15) is 24.2 Å². The number of anilines is 2. The quantitative estimate of drug-likeness (QED) is 0.713. The summed E-state index contributed by atoms with van der Waals surface area (Å²) in [6.45, 7) is 4.18. The number of urea groups is 1. The van der Waals surface area contributed by atoms with Crippen LogP contribution in [-0.4, -0.2) is 24.2 Å². The lowest BCUT2D eigenvalue weighted by Gasteiger charge is -2.12. The molecule has 126 valence electrons. The molecule has 0 aliphatic rings. The molecule has 6 heteroatoms. The van der Waals surface area contributed by atoms with Gasteiger partial charge in [-0.2, -0.15) is 0 Å². The van der Waals surface area contributed by atoms with E-state index in [9.17, 15) is 9.59 Å². The molecule has 0 spiro atoms. The van der Waals surface area contributed by atoms with E-state index in [1.165, 1.54) is 0 Å². The minimum Gasteiger partial charge on any atom is -0.341 e. The first-order valence-corrected chi connectivity index (χ1v) is 8.53. The molecule has 0 bridgehead atoms. The smallest absolute Gasteiger partial charge is 0.318 e. The normalized spacial score (nSPS) is 10.3. The first-order valence-electron chi connectivity index (χ1n) is 7.65. The van der Waals surface area contributed by atoms with Crippen LogP contribution in [0.15, 0.2) is 53.4 Å². The molecule has 3 amide bonds. The van der Waals surface area contributed by atoms with Gasteiger partial charge in [0.2, 0.25) is 0 Å². The number of hydrogen-bond acceptors (Lipinski definition) is 3. The van der Waals surface area contributed by atoms with Gasteiger partial charge in [0.1, 0.15) is 0 Å². The summed E-state index contributed by atoms with van der Waals surface area (Å²) in [5, 5.41) is 8.43. The van der Waals surface area contributed by atoms with Crippen LogP contribution in [0.2, 0.25) is 0 Å². The van der Waals surface area contributed by atoms with Crippen molar-refractivity contribution < 1.29 is 9.59 Å². The number of hydrogen-bond donors (Lipinski definition) is 3. The van der Waals surface area contributed by atoms with Crippen LogP contribution in [0.3, 0.4) is 0 Å². The molecule has 0 atom stereocenters. The molecule has 0 aromatic heterocycles. The highest BCUT2D eigenvalue weighted by molar-refractivity contribution is 8.00. The highest BCUT2D eigenvalue weighted by Gasteiger charge is 2.13. The van der Waals surface area contributed by atoms with Crippen molar-refractivity contribution in [3.8, 4) is 0 Å². The molecule has 2 aromatic carbocycles. The fourth-order valence-corrected chi connectivity index (χ4v) is 3.03. The largest absolute Gasteiger partial charge is 0.341 e. The van der Waals surface area contributed by atoms with Crippen molar-refractivity contribution in [2.24, 2.45) is 0 Å². The first-order chi connectivity index (χ1) is 11.5. The molecule has 0 radical (unpaired) electrons. The second-order valence-electron chi connectivity index (χ2n) is 5.40. The lowest BCUT2D eigenvalue weighted by Crippen LogP contribution is -2.24. The Kier molecular flexibility index (Phi) is 6.26. The van der Waals surface area contributed by atoms with Crippen molar-refractivity contribution in [3.05, 3.63) is 54.1 Å². The van der Waals surface area contributed by atoms with Crippen LogP contribution in [-0.2, 0) is 0 Å². The lowest BCUT2D eigenvalue weighted by molar-refractivity contribution is 0.102. The molecule has 0 aliphatic heterocycles. The third kappa shape index (κ3) is 5.03. The molecule has 0 saturated heterocycles. The molecular weight excluding hydrogens is 322 g/mol. The Morgan fingerprint density at radius 1 is 0.958 bits per heavy atom. The van der Waals surface area contributed by atoms with Gasteiger partial charge in [0, 0.05) is 28.6 Å². The second-order valence-corrected chi connectivity index (χ2v) is 7.02. The van der Waals surface area contributed by atoms with E-state index in [1.54, 1.807) is 43.1 Å². The number of amides is 3. The van der Waals surface area contributed by atoms with E-state index >= 15 is 0 Å². The average Bonchev–Trinajstić information content (AvgIpc) is 2.55. The van der Waals surface area contributed by atoms with Gasteiger partial charge in [0.05, 0.1) is 5.56 Å². The van der Waals surface area contributed by atoms with Crippen LogP contribution in [0.25, 0.3) is 0 Å². The zero-order chi connectivity index (χ0) is 17.5. The van der Waals surface area contributed by atoms with Gasteiger partial charge in [0.15, 0.2) is 0 Å². The Bertz CT molecular complexity index is 732. The van der Waals surface area contributed by atoms with Crippen LogP contribution >= 0.6 is 11.8 Å². The number of thioether (sulfide) groups is 1. The third-order valence-electron chi connectivity index (χ3n) is 3.10. The van der Waals surface area contributed by atoms with Crippen LogP contribution < -0.4 is 16.0 Å². The summed E-state index contributed by atoms with van der Waals surface area (Å²) in [6.07, 6.45) is 0. The van der Waals surface area contributed by atoms with Gasteiger partial charge in [-0.15, -0.1) is 11.8 Å². The Hall–Kier alpha value is -2.47. The number of nitrogens with one attached hydrogen (secondary N) is 3. The van der Waals surface area contributed by atoms with Crippen LogP contribution in [0.5, 0.6) is 0 Å². The molecule has 0 unspecified atom stereocenters. The van der Waals surface area contributed by atoms with E-state index < -0.39 is 0 Å². The van der Waals surface area contributed by atoms with Crippen molar-refractivity contribution in [3.63, 3.8) is 0 Å². The van der Waals surface area contributed by atoms with E-state index in [4.69, 9.17) is 0 Å². The molecule has 2 rings (SSSR count). The summed E-state index contributed by atoms with van der Waals surface area (Å²) in [7, 11) is 1.55. The summed E-state index contributed by atoms with van der Waals surface area (Å²) in [5.74, 6) is -0.171. The lowest BCUT2D eigenvalue weighted by atomic mass is 10.2. The van der Waals surface area contributed by atoms with Crippen LogP contribution in [0, 0.1) is 0 Å².